The number of H-pyrrole nitrogens is 1. The van der Waals surface area contributed by atoms with Crippen LogP contribution in [0.15, 0.2) is 53.3 Å². The summed E-state index contributed by atoms with van der Waals surface area (Å²) in [6.45, 7) is 6.16. The second-order valence-corrected chi connectivity index (χ2v) is 9.85. The molecule has 9 nitrogen and oxygen atoms in total. The number of pyridine rings is 1. The molecule has 2 fully saturated rings. The van der Waals surface area contributed by atoms with Gasteiger partial charge in [-0.3, -0.25) is 9.69 Å². The van der Waals surface area contributed by atoms with Crippen LogP contribution in [0, 0.1) is 12.7 Å². The highest BCUT2D eigenvalue weighted by Gasteiger charge is 2.33. The zero-order valence-electron chi connectivity index (χ0n) is 20.8. The van der Waals surface area contributed by atoms with E-state index in [4.69, 9.17) is 4.74 Å². The molecular formula is C27H30FN7O2. The van der Waals surface area contributed by atoms with Gasteiger partial charge in [0.2, 0.25) is 0 Å². The monoisotopic (exact) mass is 503 g/mol. The van der Waals surface area contributed by atoms with Crippen molar-refractivity contribution in [3.63, 3.8) is 0 Å². The van der Waals surface area contributed by atoms with Crippen molar-refractivity contribution in [2.24, 2.45) is 0 Å². The number of piperazine rings is 1. The molecule has 0 amide bonds. The highest BCUT2D eigenvalue weighted by Crippen LogP contribution is 2.30. The normalized spacial score (nSPS) is 19.5. The van der Waals surface area contributed by atoms with Gasteiger partial charge in [-0.15, -0.1) is 5.10 Å². The number of tetrazole rings is 1. The van der Waals surface area contributed by atoms with Gasteiger partial charge in [0, 0.05) is 44.0 Å². The van der Waals surface area contributed by atoms with Gasteiger partial charge in [-0.05, 0) is 71.5 Å². The number of benzene rings is 2. The van der Waals surface area contributed by atoms with E-state index in [0.29, 0.717) is 31.0 Å². The average Bonchev–Trinajstić information content (AvgIpc) is 3.59. The van der Waals surface area contributed by atoms with Crippen LogP contribution in [0.3, 0.4) is 0 Å². The fourth-order valence-electron chi connectivity index (χ4n) is 5.51. The lowest BCUT2D eigenvalue weighted by Crippen LogP contribution is -2.49. The van der Waals surface area contributed by atoms with Crippen LogP contribution in [0.25, 0.3) is 10.9 Å². The Labute approximate surface area is 213 Å². The molecule has 4 aromatic rings. The van der Waals surface area contributed by atoms with Crippen molar-refractivity contribution in [1.29, 1.82) is 0 Å². The summed E-state index contributed by atoms with van der Waals surface area (Å²) in [5.41, 5.74) is 3.33. The summed E-state index contributed by atoms with van der Waals surface area (Å²) in [4.78, 5) is 21.1. The molecule has 0 radical (unpaired) electrons. The zero-order chi connectivity index (χ0) is 25.4. The molecule has 2 atom stereocenters. The number of nitrogens with zero attached hydrogens (tertiary/aromatic N) is 6. The van der Waals surface area contributed by atoms with Gasteiger partial charge in [0.25, 0.3) is 5.56 Å². The Kier molecular flexibility index (Phi) is 6.43. The molecule has 2 saturated heterocycles. The standard InChI is InChI=1S/C27H30FN7O2/c1-18-4-2-5-19-16-23(27(36)29-24(18)19)25(26-30-31-32-35(26)17-22-6-3-15-37-22)34-13-11-33(12-14-34)21-9-7-20(28)8-10-21/h2,4-5,7-10,16,22,25H,3,6,11-15,17H2,1H3,(H,29,36). The van der Waals surface area contributed by atoms with E-state index in [2.05, 4.69) is 30.3 Å². The maximum atomic E-state index is 13.5. The number of anilines is 1. The van der Waals surface area contributed by atoms with E-state index < -0.39 is 6.04 Å². The van der Waals surface area contributed by atoms with E-state index in [9.17, 15) is 9.18 Å². The van der Waals surface area contributed by atoms with Crippen LogP contribution in [0.5, 0.6) is 0 Å². The molecule has 0 bridgehead atoms. The topological polar surface area (TPSA) is 92.2 Å². The minimum atomic E-state index is -0.416. The number of aromatic nitrogens is 5. The summed E-state index contributed by atoms with van der Waals surface area (Å²) in [6.07, 6.45) is 2.06. The van der Waals surface area contributed by atoms with E-state index in [1.165, 1.54) is 12.1 Å². The third kappa shape index (κ3) is 4.74. The molecular weight excluding hydrogens is 473 g/mol. The number of halogens is 1. The number of nitrogens with one attached hydrogen (secondary N) is 1. The number of para-hydroxylation sites is 1. The van der Waals surface area contributed by atoms with Gasteiger partial charge in [-0.2, -0.15) is 0 Å². The Balaban J connectivity index is 1.36. The molecule has 6 rings (SSSR count). The maximum absolute atomic E-state index is 13.5. The molecule has 0 spiro atoms. The van der Waals surface area contributed by atoms with Crippen molar-refractivity contribution < 1.29 is 9.13 Å². The highest BCUT2D eigenvalue weighted by molar-refractivity contribution is 5.82. The Morgan fingerprint density at radius 2 is 1.95 bits per heavy atom. The van der Waals surface area contributed by atoms with Gasteiger partial charge in [0.1, 0.15) is 11.9 Å². The van der Waals surface area contributed by atoms with Gasteiger partial charge in [-0.25, -0.2) is 9.07 Å². The SMILES string of the molecule is Cc1cccc2cc(C(c3nnnn3CC3CCCO3)N3CCN(c4ccc(F)cc4)CC3)c(=O)[nH]c12. The second-order valence-electron chi connectivity index (χ2n) is 9.85. The van der Waals surface area contributed by atoms with Crippen LogP contribution >= 0.6 is 0 Å². The first-order valence-corrected chi connectivity index (χ1v) is 12.8. The maximum Gasteiger partial charge on any atom is 0.253 e. The first-order valence-electron chi connectivity index (χ1n) is 12.8. The highest BCUT2D eigenvalue weighted by atomic mass is 19.1. The minimum Gasteiger partial charge on any atom is -0.376 e. The molecule has 4 heterocycles. The first-order chi connectivity index (χ1) is 18.1. The van der Waals surface area contributed by atoms with E-state index in [1.54, 1.807) is 16.8 Å². The summed E-state index contributed by atoms with van der Waals surface area (Å²) in [7, 11) is 0. The lowest BCUT2D eigenvalue weighted by molar-refractivity contribution is 0.0906. The molecule has 0 aliphatic carbocycles. The van der Waals surface area contributed by atoms with E-state index in [1.807, 2.05) is 31.2 Å². The third-order valence-electron chi connectivity index (χ3n) is 7.49. The molecule has 37 heavy (non-hydrogen) atoms. The third-order valence-corrected chi connectivity index (χ3v) is 7.49. The summed E-state index contributed by atoms with van der Waals surface area (Å²) < 4.78 is 21.1. The second kappa shape index (κ2) is 10.0. The predicted octanol–water partition coefficient (Wildman–Crippen LogP) is 3.05. The lowest BCUT2D eigenvalue weighted by atomic mass is 10.0. The van der Waals surface area contributed by atoms with E-state index in [-0.39, 0.29) is 17.5 Å². The molecule has 0 saturated carbocycles. The average molecular weight is 504 g/mol. The van der Waals surface area contributed by atoms with E-state index >= 15 is 0 Å². The smallest absolute Gasteiger partial charge is 0.253 e. The Bertz CT molecular complexity index is 1440. The van der Waals surface area contributed by atoms with Gasteiger partial charge >= 0.3 is 0 Å². The van der Waals surface area contributed by atoms with Gasteiger partial charge in [0.05, 0.1) is 18.2 Å². The summed E-state index contributed by atoms with van der Waals surface area (Å²) in [6, 6.07) is 14.1. The van der Waals surface area contributed by atoms with Crippen molar-refractivity contribution in [3.8, 4) is 0 Å². The first kappa shape index (κ1) is 23.7. The molecule has 2 aromatic heterocycles. The van der Waals surface area contributed by atoms with Crippen LogP contribution in [0.4, 0.5) is 10.1 Å². The zero-order valence-corrected chi connectivity index (χ0v) is 20.8. The number of hydrogen-bond donors (Lipinski definition) is 1. The largest absolute Gasteiger partial charge is 0.376 e. The van der Waals surface area contributed by atoms with E-state index in [0.717, 1.165) is 54.7 Å². The molecule has 2 aliphatic rings. The summed E-state index contributed by atoms with van der Waals surface area (Å²) >= 11 is 0. The van der Waals surface area contributed by atoms with Crippen molar-refractivity contribution in [1.82, 2.24) is 30.1 Å². The fourth-order valence-corrected chi connectivity index (χ4v) is 5.51. The quantitative estimate of drug-likeness (QED) is 0.432. The predicted molar refractivity (Wildman–Crippen MR) is 138 cm³/mol. The minimum absolute atomic E-state index is 0.0655. The number of rotatable bonds is 6. The molecule has 2 aromatic carbocycles. The molecule has 2 aliphatic heterocycles. The van der Waals surface area contributed by atoms with Crippen LogP contribution in [0.2, 0.25) is 0 Å². The number of fused-ring (bicyclic) bond motifs is 1. The van der Waals surface area contributed by atoms with Crippen molar-refractivity contribution >= 4 is 16.6 Å². The van der Waals surface area contributed by atoms with Gasteiger partial charge < -0.3 is 14.6 Å². The number of aryl methyl sites for hydroxylation is 1. The Morgan fingerprint density at radius 3 is 2.70 bits per heavy atom. The molecule has 192 valence electrons. The summed E-state index contributed by atoms with van der Waals surface area (Å²) in [5.74, 6) is 0.398. The van der Waals surface area contributed by atoms with Crippen LogP contribution in [0.1, 0.15) is 35.8 Å². The number of hydrogen-bond acceptors (Lipinski definition) is 7. The molecule has 1 N–H and O–H groups in total. The van der Waals surface area contributed by atoms with Gasteiger partial charge in [0.15, 0.2) is 5.82 Å². The van der Waals surface area contributed by atoms with Crippen LogP contribution < -0.4 is 10.5 Å². The molecule has 10 heteroatoms. The number of ether oxygens (including phenoxy) is 1. The van der Waals surface area contributed by atoms with Crippen molar-refractivity contribution in [3.05, 3.63) is 81.7 Å². The van der Waals surface area contributed by atoms with Crippen LogP contribution in [-0.4, -0.2) is 69.0 Å². The van der Waals surface area contributed by atoms with Crippen molar-refractivity contribution in [2.75, 3.05) is 37.7 Å². The molecule has 2 unspecified atom stereocenters. The Morgan fingerprint density at radius 1 is 1.14 bits per heavy atom. The van der Waals surface area contributed by atoms with Crippen molar-refractivity contribution in [2.45, 2.75) is 38.5 Å². The summed E-state index contributed by atoms with van der Waals surface area (Å²) in [5, 5.41) is 13.7. The van der Waals surface area contributed by atoms with Gasteiger partial charge in [-0.1, -0.05) is 18.2 Å². The Hall–Kier alpha value is -3.63. The fraction of sp³-hybridized carbons (Fsp3) is 0.407. The van der Waals surface area contributed by atoms with Crippen LogP contribution in [-0.2, 0) is 11.3 Å². The lowest BCUT2D eigenvalue weighted by Gasteiger charge is -2.39. The number of aromatic amines is 1.